The van der Waals surface area contributed by atoms with Crippen LogP contribution in [-0.2, 0) is 0 Å². The summed E-state index contributed by atoms with van der Waals surface area (Å²) in [5.41, 5.74) is 0. The predicted octanol–water partition coefficient (Wildman–Crippen LogP) is 4.76. The van der Waals surface area contributed by atoms with Gasteiger partial charge in [-0.15, -0.1) is 47.0 Å². The SMILES string of the molecule is SCC1CSC(CCCCC2SCC(CS)S2)S1. The molecule has 0 N–H and O–H groups in total. The zero-order valence-electron chi connectivity index (χ0n) is 10.5. The van der Waals surface area contributed by atoms with Crippen LogP contribution >= 0.6 is 72.3 Å². The fourth-order valence-electron chi connectivity index (χ4n) is 2.13. The fraction of sp³-hybridized carbons (Fsp3) is 1.00. The summed E-state index contributed by atoms with van der Waals surface area (Å²) in [6.07, 6.45) is 5.62. The van der Waals surface area contributed by atoms with Crippen molar-refractivity contribution in [3.63, 3.8) is 0 Å². The van der Waals surface area contributed by atoms with Crippen molar-refractivity contribution in [2.75, 3.05) is 23.0 Å². The molecule has 0 radical (unpaired) electrons. The first kappa shape index (κ1) is 16.5. The Balaban J connectivity index is 1.49. The Morgan fingerprint density at radius 3 is 1.56 bits per heavy atom. The van der Waals surface area contributed by atoms with Crippen molar-refractivity contribution in [1.82, 2.24) is 0 Å². The smallest absolute Gasteiger partial charge is 0.0506 e. The summed E-state index contributed by atoms with van der Waals surface area (Å²) in [6.45, 7) is 0. The number of hydrogen-bond donors (Lipinski definition) is 2. The molecule has 2 saturated heterocycles. The van der Waals surface area contributed by atoms with Crippen LogP contribution in [0.1, 0.15) is 25.7 Å². The molecule has 106 valence electrons. The molecule has 0 amide bonds. The standard InChI is InChI=1S/C12H22S6/c13-5-9-7-15-11(17-9)3-1-2-4-12-16-8-10(6-14)18-12/h9-14H,1-8H2. The lowest BCUT2D eigenvalue weighted by atomic mass is 10.2. The molecule has 0 bridgehead atoms. The molecule has 0 nitrogen and oxygen atoms in total. The van der Waals surface area contributed by atoms with Gasteiger partial charge in [-0.25, -0.2) is 0 Å². The topological polar surface area (TPSA) is 0 Å². The number of hydrogen-bond acceptors (Lipinski definition) is 6. The molecule has 0 aromatic carbocycles. The molecular weight excluding hydrogens is 337 g/mol. The second-order valence-corrected chi connectivity index (χ2v) is 11.5. The maximum Gasteiger partial charge on any atom is 0.0506 e. The first-order chi connectivity index (χ1) is 8.81. The summed E-state index contributed by atoms with van der Waals surface area (Å²) in [5.74, 6) is 4.73. The third-order valence-electron chi connectivity index (χ3n) is 3.16. The molecule has 0 aromatic heterocycles. The zero-order valence-corrected chi connectivity index (χ0v) is 15.5. The van der Waals surface area contributed by atoms with Crippen molar-refractivity contribution in [1.29, 1.82) is 0 Å². The Morgan fingerprint density at radius 2 is 1.22 bits per heavy atom. The van der Waals surface area contributed by atoms with Crippen LogP contribution in [0.5, 0.6) is 0 Å². The van der Waals surface area contributed by atoms with E-state index in [1.165, 1.54) is 37.2 Å². The van der Waals surface area contributed by atoms with Crippen LogP contribution in [0, 0.1) is 0 Å². The Kier molecular flexibility index (Phi) is 8.40. The van der Waals surface area contributed by atoms with Crippen LogP contribution in [-0.4, -0.2) is 42.7 Å². The predicted molar refractivity (Wildman–Crippen MR) is 101 cm³/mol. The number of thioether (sulfide) groups is 4. The average molecular weight is 359 g/mol. The summed E-state index contributed by atoms with van der Waals surface area (Å²) < 4.78 is 1.72. The minimum absolute atomic E-state index is 0.806. The van der Waals surface area contributed by atoms with Gasteiger partial charge in [0.05, 0.1) is 9.16 Å². The van der Waals surface area contributed by atoms with Gasteiger partial charge >= 0.3 is 0 Å². The lowest BCUT2D eigenvalue weighted by Crippen LogP contribution is -2.02. The summed E-state index contributed by atoms with van der Waals surface area (Å²) in [6, 6.07) is 0. The summed E-state index contributed by atoms with van der Waals surface area (Å²) >= 11 is 17.4. The lowest BCUT2D eigenvalue weighted by molar-refractivity contribution is 0.693. The normalized spacial score (nSPS) is 36.3. The van der Waals surface area contributed by atoms with Gasteiger partial charge in [-0.1, -0.05) is 12.8 Å². The van der Waals surface area contributed by atoms with Crippen molar-refractivity contribution in [3.05, 3.63) is 0 Å². The van der Waals surface area contributed by atoms with Crippen molar-refractivity contribution in [2.24, 2.45) is 0 Å². The number of thiol groups is 2. The van der Waals surface area contributed by atoms with E-state index in [1.54, 1.807) is 0 Å². The van der Waals surface area contributed by atoms with E-state index < -0.39 is 0 Å². The summed E-state index contributed by atoms with van der Waals surface area (Å²) in [4.78, 5) is 0. The molecule has 2 fully saturated rings. The van der Waals surface area contributed by atoms with Crippen molar-refractivity contribution in [2.45, 2.75) is 45.3 Å². The molecule has 0 aromatic rings. The maximum absolute atomic E-state index is 4.40. The van der Waals surface area contributed by atoms with Crippen LogP contribution in [0.4, 0.5) is 0 Å². The quantitative estimate of drug-likeness (QED) is 0.497. The number of rotatable bonds is 7. The Bertz CT molecular complexity index is 213. The molecule has 4 atom stereocenters. The highest BCUT2D eigenvalue weighted by Gasteiger charge is 2.26. The van der Waals surface area contributed by atoms with Gasteiger partial charge < -0.3 is 0 Å². The maximum atomic E-state index is 4.40. The van der Waals surface area contributed by atoms with Gasteiger partial charge in [-0.2, -0.15) is 25.3 Å². The summed E-state index contributed by atoms with van der Waals surface area (Å²) in [7, 11) is 0. The van der Waals surface area contributed by atoms with Gasteiger partial charge in [0.2, 0.25) is 0 Å². The van der Waals surface area contributed by atoms with E-state index in [-0.39, 0.29) is 0 Å². The first-order valence-electron chi connectivity index (χ1n) is 6.57. The van der Waals surface area contributed by atoms with Crippen LogP contribution in [0.3, 0.4) is 0 Å². The van der Waals surface area contributed by atoms with Gasteiger partial charge in [0, 0.05) is 33.5 Å². The van der Waals surface area contributed by atoms with Crippen LogP contribution < -0.4 is 0 Å². The van der Waals surface area contributed by atoms with Gasteiger partial charge in [0.15, 0.2) is 0 Å². The van der Waals surface area contributed by atoms with Crippen molar-refractivity contribution < 1.29 is 0 Å². The van der Waals surface area contributed by atoms with E-state index in [2.05, 4.69) is 72.3 Å². The minimum atomic E-state index is 0.806. The van der Waals surface area contributed by atoms with E-state index in [1.807, 2.05) is 0 Å². The summed E-state index contributed by atoms with van der Waals surface area (Å²) in [5, 5.41) is 1.61. The van der Waals surface area contributed by atoms with Crippen LogP contribution in [0.15, 0.2) is 0 Å². The molecule has 2 heterocycles. The lowest BCUT2D eigenvalue weighted by Gasteiger charge is -2.11. The van der Waals surface area contributed by atoms with Crippen molar-refractivity contribution in [3.8, 4) is 0 Å². The molecular formula is C12H22S6. The zero-order chi connectivity index (χ0) is 12.8. The fourth-order valence-corrected chi connectivity index (χ4v) is 9.80. The first-order valence-corrected chi connectivity index (χ1v) is 11.8. The molecule has 0 aliphatic carbocycles. The largest absolute Gasteiger partial charge is 0.178 e. The second-order valence-electron chi connectivity index (χ2n) is 4.69. The van der Waals surface area contributed by atoms with Gasteiger partial charge in [0.25, 0.3) is 0 Å². The Morgan fingerprint density at radius 1 is 0.778 bits per heavy atom. The second kappa shape index (κ2) is 9.19. The molecule has 2 aliphatic heterocycles. The van der Waals surface area contributed by atoms with E-state index >= 15 is 0 Å². The van der Waals surface area contributed by atoms with E-state index in [0.717, 1.165) is 31.2 Å². The molecule has 0 spiro atoms. The number of unbranched alkanes of at least 4 members (excludes halogenated alkanes) is 1. The van der Waals surface area contributed by atoms with E-state index in [4.69, 9.17) is 0 Å². The van der Waals surface area contributed by atoms with E-state index in [9.17, 15) is 0 Å². The van der Waals surface area contributed by atoms with Gasteiger partial charge in [-0.05, 0) is 12.8 Å². The minimum Gasteiger partial charge on any atom is -0.178 e. The van der Waals surface area contributed by atoms with Gasteiger partial charge in [-0.3, -0.25) is 0 Å². The highest BCUT2D eigenvalue weighted by molar-refractivity contribution is 8.21. The van der Waals surface area contributed by atoms with Crippen molar-refractivity contribution >= 4 is 72.3 Å². The molecule has 18 heavy (non-hydrogen) atoms. The third-order valence-corrected chi connectivity index (χ3v) is 11.4. The molecule has 6 heteroatoms. The molecule has 0 saturated carbocycles. The molecule has 4 unspecified atom stereocenters. The Labute approximate surface area is 140 Å². The van der Waals surface area contributed by atoms with Crippen LogP contribution in [0.2, 0.25) is 0 Å². The average Bonchev–Trinajstić information content (AvgIpc) is 3.03. The highest BCUT2D eigenvalue weighted by Crippen LogP contribution is 2.43. The van der Waals surface area contributed by atoms with Gasteiger partial charge in [0.1, 0.15) is 0 Å². The molecule has 2 aliphatic rings. The van der Waals surface area contributed by atoms with Crippen LogP contribution in [0.25, 0.3) is 0 Å². The third kappa shape index (κ3) is 5.47. The van der Waals surface area contributed by atoms with E-state index in [0.29, 0.717) is 0 Å². The monoisotopic (exact) mass is 358 g/mol. The Hall–Kier alpha value is 2.10. The molecule has 2 rings (SSSR count). The highest BCUT2D eigenvalue weighted by atomic mass is 32.2.